The number of nitrogens with zero attached hydrogens (tertiary/aromatic N) is 1. The second kappa shape index (κ2) is 7.16. The predicted molar refractivity (Wildman–Crippen MR) is 82.7 cm³/mol. The molecular weight excluding hydrogens is 337 g/mol. The Morgan fingerprint density at radius 3 is 2.81 bits per heavy atom. The highest BCUT2D eigenvalue weighted by molar-refractivity contribution is 9.10. The van der Waals surface area contributed by atoms with Crippen molar-refractivity contribution in [3.8, 4) is 0 Å². The van der Waals surface area contributed by atoms with Crippen LogP contribution in [-0.4, -0.2) is 29.2 Å². The van der Waals surface area contributed by atoms with Crippen molar-refractivity contribution < 1.29 is 14.0 Å². The van der Waals surface area contributed by atoms with Crippen LogP contribution in [0.25, 0.3) is 0 Å². The van der Waals surface area contributed by atoms with E-state index >= 15 is 0 Å². The summed E-state index contributed by atoms with van der Waals surface area (Å²) in [5.74, 6) is -0.549. The molecule has 1 saturated heterocycles. The molecule has 114 valence electrons. The van der Waals surface area contributed by atoms with Crippen molar-refractivity contribution in [1.29, 1.82) is 0 Å². The zero-order valence-electron chi connectivity index (χ0n) is 12.1. The number of rotatable bonds is 3. The van der Waals surface area contributed by atoms with Crippen LogP contribution in [0.2, 0.25) is 0 Å². The van der Waals surface area contributed by atoms with E-state index < -0.39 is 5.82 Å². The van der Waals surface area contributed by atoms with Gasteiger partial charge in [0.2, 0.25) is 0 Å². The second-order valence-corrected chi connectivity index (χ2v) is 6.39. The van der Waals surface area contributed by atoms with Crippen molar-refractivity contribution in [2.24, 2.45) is 0 Å². The van der Waals surface area contributed by atoms with Crippen molar-refractivity contribution in [3.05, 3.63) is 34.1 Å². The number of carbonyl (C=O) groups is 2. The Kier molecular flexibility index (Phi) is 5.51. The summed E-state index contributed by atoms with van der Waals surface area (Å²) in [5, 5.41) is 0. The van der Waals surface area contributed by atoms with Crippen molar-refractivity contribution in [1.82, 2.24) is 4.90 Å². The van der Waals surface area contributed by atoms with Crippen LogP contribution >= 0.6 is 15.9 Å². The molecule has 0 aromatic heterocycles. The number of ketones is 1. The Balaban J connectivity index is 2.28. The normalized spacial score (nSPS) is 19.2. The number of likely N-dealkylation sites (tertiary alicyclic amines) is 1. The van der Waals surface area contributed by atoms with E-state index in [9.17, 15) is 14.0 Å². The van der Waals surface area contributed by atoms with Crippen LogP contribution < -0.4 is 0 Å². The van der Waals surface area contributed by atoms with E-state index in [1.54, 1.807) is 17.9 Å². The third kappa shape index (κ3) is 4.13. The molecule has 1 atom stereocenters. The van der Waals surface area contributed by atoms with E-state index in [4.69, 9.17) is 0 Å². The molecule has 3 nitrogen and oxygen atoms in total. The topological polar surface area (TPSA) is 37.4 Å². The summed E-state index contributed by atoms with van der Waals surface area (Å²) in [7, 11) is 0. The molecule has 5 heteroatoms. The van der Waals surface area contributed by atoms with Crippen LogP contribution in [-0.2, 0) is 4.79 Å². The van der Waals surface area contributed by atoms with Gasteiger partial charge in [-0.3, -0.25) is 9.59 Å². The minimum absolute atomic E-state index is 0.0762. The van der Waals surface area contributed by atoms with Crippen LogP contribution in [0.3, 0.4) is 0 Å². The molecule has 0 bridgehead atoms. The lowest BCUT2D eigenvalue weighted by Crippen LogP contribution is -2.41. The maximum Gasteiger partial charge on any atom is 0.255 e. The molecule has 0 saturated carbocycles. The first-order chi connectivity index (χ1) is 9.99. The van der Waals surface area contributed by atoms with Crippen LogP contribution in [0, 0.1) is 5.82 Å². The number of carbonyl (C=O) groups excluding carboxylic acids is 2. The van der Waals surface area contributed by atoms with Gasteiger partial charge < -0.3 is 4.90 Å². The van der Waals surface area contributed by atoms with Gasteiger partial charge in [0.05, 0.1) is 5.56 Å². The standard InChI is InChI=1S/C16H19BrFNO2/c1-11(20)9-13-5-3-2-4-8-19(13)16(21)14-10-12(18)6-7-15(14)17/h6-7,10,13H,2-5,8-9H2,1H3. The fraction of sp³-hybridized carbons (Fsp3) is 0.500. The Morgan fingerprint density at radius 1 is 1.33 bits per heavy atom. The summed E-state index contributed by atoms with van der Waals surface area (Å²) in [5.41, 5.74) is 0.324. The van der Waals surface area contributed by atoms with Gasteiger partial charge in [-0.05, 0) is 53.9 Å². The third-order valence-electron chi connectivity index (χ3n) is 3.82. The van der Waals surface area contributed by atoms with E-state index in [0.29, 0.717) is 23.0 Å². The Labute approximate surface area is 132 Å². The molecule has 0 aliphatic carbocycles. The van der Waals surface area contributed by atoms with Crippen molar-refractivity contribution in [2.75, 3.05) is 6.54 Å². The number of halogens is 2. The predicted octanol–water partition coefficient (Wildman–Crippen LogP) is 3.95. The summed E-state index contributed by atoms with van der Waals surface area (Å²) in [6, 6.07) is 4.03. The van der Waals surface area contributed by atoms with E-state index in [2.05, 4.69) is 15.9 Å². The maximum absolute atomic E-state index is 13.4. The maximum atomic E-state index is 13.4. The molecular formula is C16H19BrFNO2. The molecule has 2 rings (SSSR count). The average Bonchev–Trinajstić information content (AvgIpc) is 2.65. The molecule has 1 aromatic carbocycles. The lowest BCUT2D eigenvalue weighted by molar-refractivity contribution is -0.118. The SMILES string of the molecule is CC(=O)CC1CCCCCN1C(=O)c1cc(F)ccc1Br. The lowest BCUT2D eigenvalue weighted by atomic mass is 10.0. The van der Waals surface area contributed by atoms with Crippen molar-refractivity contribution in [3.63, 3.8) is 0 Å². The van der Waals surface area contributed by atoms with Gasteiger partial charge in [-0.2, -0.15) is 0 Å². The van der Waals surface area contributed by atoms with Gasteiger partial charge in [0.1, 0.15) is 11.6 Å². The third-order valence-corrected chi connectivity index (χ3v) is 4.51. The van der Waals surface area contributed by atoms with Crippen LogP contribution in [0.4, 0.5) is 4.39 Å². The quantitative estimate of drug-likeness (QED) is 0.822. The zero-order chi connectivity index (χ0) is 15.4. The fourth-order valence-electron chi connectivity index (χ4n) is 2.80. The minimum atomic E-state index is -0.431. The summed E-state index contributed by atoms with van der Waals surface area (Å²) < 4.78 is 14.0. The molecule has 1 aliphatic heterocycles. The van der Waals surface area contributed by atoms with Crippen LogP contribution in [0.5, 0.6) is 0 Å². The molecule has 1 aromatic rings. The Bertz CT molecular complexity index is 547. The molecule has 1 aliphatic rings. The van der Waals surface area contributed by atoms with E-state index in [0.717, 1.165) is 25.7 Å². The van der Waals surface area contributed by atoms with E-state index in [-0.39, 0.29) is 17.7 Å². The first-order valence-electron chi connectivity index (χ1n) is 7.24. The molecule has 0 spiro atoms. The van der Waals surface area contributed by atoms with Crippen molar-refractivity contribution in [2.45, 2.75) is 45.1 Å². The van der Waals surface area contributed by atoms with Crippen molar-refractivity contribution >= 4 is 27.6 Å². The largest absolute Gasteiger partial charge is 0.335 e. The smallest absolute Gasteiger partial charge is 0.255 e. The number of Topliss-reactive ketones (excluding diaryl/α,β-unsaturated/α-hetero) is 1. The Morgan fingerprint density at radius 2 is 2.10 bits per heavy atom. The zero-order valence-corrected chi connectivity index (χ0v) is 13.7. The molecule has 1 heterocycles. The highest BCUT2D eigenvalue weighted by Crippen LogP contribution is 2.25. The van der Waals surface area contributed by atoms with Gasteiger partial charge in [0, 0.05) is 23.5 Å². The highest BCUT2D eigenvalue weighted by Gasteiger charge is 2.28. The Hall–Kier alpha value is -1.23. The molecule has 1 amide bonds. The number of hydrogen-bond acceptors (Lipinski definition) is 2. The number of hydrogen-bond donors (Lipinski definition) is 0. The first-order valence-corrected chi connectivity index (χ1v) is 8.04. The molecule has 1 unspecified atom stereocenters. The summed E-state index contributed by atoms with van der Waals surface area (Å²) >= 11 is 3.31. The average molecular weight is 356 g/mol. The van der Waals surface area contributed by atoms with E-state index in [1.807, 2.05) is 0 Å². The second-order valence-electron chi connectivity index (χ2n) is 5.53. The number of benzene rings is 1. The van der Waals surface area contributed by atoms with Crippen LogP contribution in [0.1, 0.15) is 49.4 Å². The first kappa shape index (κ1) is 16.1. The minimum Gasteiger partial charge on any atom is -0.335 e. The summed E-state index contributed by atoms with van der Waals surface area (Å²) in [6.07, 6.45) is 4.21. The molecule has 0 radical (unpaired) electrons. The fourth-order valence-corrected chi connectivity index (χ4v) is 3.22. The van der Waals surface area contributed by atoms with Crippen LogP contribution in [0.15, 0.2) is 22.7 Å². The van der Waals surface area contributed by atoms with Gasteiger partial charge >= 0.3 is 0 Å². The van der Waals surface area contributed by atoms with Gasteiger partial charge in [0.25, 0.3) is 5.91 Å². The molecule has 21 heavy (non-hydrogen) atoms. The van der Waals surface area contributed by atoms with Gasteiger partial charge in [-0.15, -0.1) is 0 Å². The van der Waals surface area contributed by atoms with E-state index in [1.165, 1.54) is 12.1 Å². The highest BCUT2D eigenvalue weighted by atomic mass is 79.9. The summed E-state index contributed by atoms with van der Waals surface area (Å²) in [6.45, 7) is 2.17. The molecule has 0 N–H and O–H groups in total. The number of amides is 1. The monoisotopic (exact) mass is 355 g/mol. The molecule has 1 fully saturated rings. The summed E-state index contributed by atoms with van der Waals surface area (Å²) in [4.78, 5) is 25.9. The van der Waals surface area contributed by atoms with Gasteiger partial charge in [-0.1, -0.05) is 12.8 Å². The lowest BCUT2D eigenvalue weighted by Gasteiger charge is -2.30. The van der Waals surface area contributed by atoms with Gasteiger partial charge in [-0.25, -0.2) is 4.39 Å². The van der Waals surface area contributed by atoms with Gasteiger partial charge in [0.15, 0.2) is 0 Å².